The normalized spacial score (nSPS) is 18.5. The van der Waals surface area contributed by atoms with Crippen molar-refractivity contribution < 1.29 is 9.72 Å². The average molecular weight is 278 g/mol. The lowest BCUT2D eigenvalue weighted by atomic mass is 10.0. The van der Waals surface area contributed by atoms with Gasteiger partial charge in [0, 0.05) is 24.2 Å². The maximum absolute atomic E-state index is 11.2. The van der Waals surface area contributed by atoms with E-state index in [1.165, 1.54) is 18.2 Å². The lowest BCUT2D eigenvalue weighted by Crippen LogP contribution is -2.39. The number of rotatable bonds is 5. The van der Waals surface area contributed by atoms with Crippen LogP contribution in [0.15, 0.2) is 18.2 Å². The van der Waals surface area contributed by atoms with Gasteiger partial charge in [-0.2, -0.15) is 0 Å². The molecule has 1 aliphatic heterocycles. The van der Waals surface area contributed by atoms with E-state index in [4.69, 9.17) is 5.73 Å². The van der Waals surface area contributed by atoms with Crippen LogP contribution in [-0.4, -0.2) is 30.0 Å². The maximum atomic E-state index is 11.2. The molecule has 2 rings (SSSR count). The predicted octanol–water partition coefficient (Wildman–Crippen LogP) is 1.25. The highest BCUT2D eigenvalue weighted by Gasteiger charge is 2.18. The first kappa shape index (κ1) is 14.3. The van der Waals surface area contributed by atoms with Gasteiger partial charge in [-0.25, -0.2) is 0 Å². The third kappa shape index (κ3) is 3.45. The van der Waals surface area contributed by atoms with Crippen LogP contribution in [-0.2, 0) is 0 Å². The fourth-order valence-corrected chi connectivity index (χ4v) is 2.32. The van der Waals surface area contributed by atoms with E-state index in [1.807, 2.05) is 0 Å². The van der Waals surface area contributed by atoms with Crippen LogP contribution in [0, 0.1) is 10.1 Å². The van der Waals surface area contributed by atoms with Gasteiger partial charge in [-0.3, -0.25) is 14.9 Å². The molecule has 1 saturated heterocycles. The molecule has 1 atom stereocenters. The van der Waals surface area contributed by atoms with Gasteiger partial charge in [0.05, 0.1) is 4.92 Å². The number of hydrogen-bond acceptors (Lipinski definition) is 5. The summed E-state index contributed by atoms with van der Waals surface area (Å²) in [7, 11) is 0. The molecule has 1 aliphatic rings. The molecule has 0 bridgehead atoms. The Bertz CT molecular complexity index is 512. The highest BCUT2D eigenvalue weighted by atomic mass is 16.6. The average Bonchev–Trinajstić information content (AvgIpc) is 2.45. The molecule has 20 heavy (non-hydrogen) atoms. The Hall–Kier alpha value is -2.15. The second-order valence-corrected chi connectivity index (χ2v) is 4.88. The second kappa shape index (κ2) is 6.33. The third-order valence-electron chi connectivity index (χ3n) is 3.43. The topological polar surface area (TPSA) is 110 Å². The van der Waals surface area contributed by atoms with Crippen LogP contribution in [0.5, 0.6) is 0 Å². The Morgan fingerprint density at radius 2 is 2.30 bits per heavy atom. The molecule has 4 N–H and O–H groups in total. The van der Waals surface area contributed by atoms with E-state index >= 15 is 0 Å². The van der Waals surface area contributed by atoms with Crippen LogP contribution in [0.3, 0.4) is 0 Å². The van der Waals surface area contributed by atoms with Crippen molar-refractivity contribution in [2.24, 2.45) is 5.73 Å². The molecule has 0 spiro atoms. The molecule has 0 aliphatic carbocycles. The fraction of sp³-hybridized carbons (Fsp3) is 0.462. The summed E-state index contributed by atoms with van der Waals surface area (Å²) in [6.07, 6.45) is 3.35. The lowest BCUT2D eigenvalue weighted by molar-refractivity contribution is -0.384. The number of nitrogens with one attached hydrogen (secondary N) is 2. The predicted molar refractivity (Wildman–Crippen MR) is 75.7 cm³/mol. The zero-order valence-electron chi connectivity index (χ0n) is 11.1. The Morgan fingerprint density at radius 1 is 1.50 bits per heavy atom. The number of nitrogens with two attached hydrogens (primary N) is 1. The van der Waals surface area contributed by atoms with E-state index in [0.29, 0.717) is 18.3 Å². The summed E-state index contributed by atoms with van der Waals surface area (Å²) >= 11 is 0. The van der Waals surface area contributed by atoms with Crippen molar-refractivity contribution in [3.63, 3.8) is 0 Å². The number of nitro groups is 1. The number of amides is 1. The van der Waals surface area contributed by atoms with Crippen LogP contribution < -0.4 is 16.4 Å². The first-order valence-electron chi connectivity index (χ1n) is 6.63. The summed E-state index contributed by atoms with van der Waals surface area (Å²) in [4.78, 5) is 21.7. The molecule has 1 fully saturated rings. The van der Waals surface area contributed by atoms with Crippen molar-refractivity contribution in [1.82, 2.24) is 5.32 Å². The minimum atomic E-state index is -0.598. The van der Waals surface area contributed by atoms with Crippen molar-refractivity contribution in [3.8, 4) is 0 Å². The van der Waals surface area contributed by atoms with Crippen molar-refractivity contribution in [2.75, 3.05) is 18.4 Å². The van der Waals surface area contributed by atoms with Crippen LogP contribution >= 0.6 is 0 Å². The highest BCUT2D eigenvalue weighted by Crippen LogP contribution is 2.25. The third-order valence-corrected chi connectivity index (χ3v) is 3.43. The number of piperidine rings is 1. The zero-order chi connectivity index (χ0) is 14.5. The molecule has 108 valence electrons. The largest absolute Gasteiger partial charge is 0.378 e. The first-order valence-corrected chi connectivity index (χ1v) is 6.63. The maximum Gasteiger partial charge on any atom is 0.292 e. The molecule has 0 aromatic heterocycles. The molecule has 7 nitrogen and oxygen atoms in total. The highest BCUT2D eigenvalue weighted by molar-refractivity contribution is 5.94. The molecule has 1 amide bonds. The smallest absolute Gasteiger partial charge is 0.292 e. The van der Waals surface area contributed by atoms with E-state index in [9.17, 15) is 14.9 Å². The van der Waals surface area contributed by atoms with Gasteiger partial charge in [-0.15, -0.1) is 0 Å². The van der Waals surface area contributed by atoms with Crippen LogP contribution in [0.25, 0.3) is 0 Å². The minimum absolute atomic E-state index is 0.0502. The molecule has 7 heteroatoms. The SMILES string of the molecule is NC(=O)c1ccc([N+](=O)[O-])c(NCC2CCCCN2)c1. The summed E-state index contributed by atoms with van der Waals surface area (Å²) in [5.74, 6) is -0.598. The summed E-state index contributed by atoms with van der Waals surface area (Å²) in [6, 6.07) is 4.39. The van der Waals surface area contributed by atoms with Crippen molar-refractivity contribution in [1.29, 1.82) is 0 Å². The number of carbonyl (C=O) groups excluding carboxylic acids is 1. The molecule has 1 aromatic carbocycles. The number of nitrogens with zero attached hydrogens (tertiary/aromatic N) is 1. The number of hydrogen-bond donors (Lipinski definition) is 3. The number of anilines is 1. The van der Waals surface area contributed by atoms with Crippen LogP contribution in [0.2, 0.25) is 0 Å². The quantitative estimate of drug-likeness (QED) is 0.554. The number of carbonyl (C=O) groups is 1. The van der Waals surface area contributed by atoms with Gasteiger partial charge in [-0.1, -0.05) is 6.42 Å². The molecule has 1 unspecified atom stereocenters. The zero-order valence-corrected chi connectivity index (χ0v) is 11.1. The number of benzene rings is 1. The van der Waals surface area contributed by atoms with Gasteiger partial charge in [-0.05, 0) is 31.5 Å². The van der Waals surface area contributed by atoms with Gasteiger partial charge in [0.15, 0.2) is 0 Å². The molecule has 0 saturated carbocycles. The van der Waals surface area contributed by atoms with E-state index in [1.54, 1.807) is 0 Å². The van der Waals surface area contributed by atoms with Crippen molar-refractivity contribution in [2.45, 2.75) is 25.3 Å². The Labute approximate surface area is 116 Å². The molecular formula is C13H18N4O3. The van der Waals surface area contributed by atoms with Gasteiger partial charge in [0.1, 0.15) is 5.69 Å². The van der Waals surface area contributed by atoms with Gasteiger partial charge < -0.3 is 16.4 Å². The first-order chi connectivity index (χ1) is 9.58. The minimum Gasteiger partial charge on any atom is -0.378 e. The second-order valence-electron chi connectivity index (χ2n) is 4.88. The van der Waals surface area contributed by atoms with Gasteiger partial charge in [0.2, 0.25) is 5.91 Å². The monoisotopic (exact) mass is 278 g/mol. The van der Waals surface area contributed by atoms with Gasteiger partial charge >= 0.3 is 0 Å². The van der Waals surface area contributed by atoms with E-state index < -0.39 is 10.8 Å². The molecule has 0 radical (unpaired) electrons. The van der Waals surface area contributed by atoms with Gasteiger partial charge in [0.25, 0.3) is 5.69 Å². The van der Waals surface area contributed by atoms with Crippen LogP contribution in [0.4, 0.5) is 11.4 Å². The summed E-state index contributed by atoms with van der Waals surface area (Å²) < 4.78 is 0. The summed E-state index contributed by atoms with van der Waals surface area (Å²) in [5.41, 5.74) is 5.74. The lowest BCUT2D eigenvalue weighted by Gasteiger charge is -2.24. The molecule has 1 heterocycles. The number of primary amides is 1. The van der Waals surface area contributed by atoms with E-state index in [2.05, 4.69) is 10.6 Å². The number of nitro benzene ring substituents is 1. The molecular weight excluding hydrogens is 260 g/mol. The van der Waals surface area contributed by atoms with Crippen molar-refractivity contribution in [3.05, 3.63) is 33.9 Å². The standard InChI is InChI=1S/C13H18N4O3/c14-13(18)9-4-5-12(17(19)20)11(7-9)16-8-10-3-1-2-6-15-10/h4-5,7,10,15-16H,1-3,6,8H2,(H2,14,18). The van der Waals surface area contributed by atoms with E-state index in [0.717, 1.165) is 25.8 Å². The Balaban J connectivity index is 2.12. The molecule has 1 aromatic rings. The summed E-state index contributed by atoms with van der Waals surface area (Å²) in [5, 5.41) is 17.4. The van der Waals surface area contributed by atoms with Crippen molar-refractivity contribution >= 4 is 17.3 Å². The fourth-order valence-electron chi connectivity index (χ4n) is 2.32. The van der Waals surface area contributed by atoms with E-state index in [-0.39, 0.29) is 11.3 Å². The summed E-state index contributed by atoms with van der Waals surface area (Å²) in [6.45, 7) is 1.55. The van der Waals surface area contributed by atoms with Crippen LogP contribution in [0.1, 0.15) is 29.6 Å². The Morgan fingerprint density at radius 3 is 2.90 bits per heavy atom. The Kier molecular flexibility index (Phi) is 4.52.